The van der Waals surface area contributed by atoms with Crippen molar-refractivity contribution in [3.05, 3.63) is 53.7 Å². The van der Waals surface area contributed by atoms with Crippen LogP contribution in [0.4, 0.5) is 4.79 Å². The second-order valence-electron chi connectivity index (χ2n) is 9.85. The highest BCUT2D eigenvalue weighted by Crippen LogP contribution is 2.35. The topological polar surface area (TPSA) is 149 Å². The fourth-order valence-electron chi connectivity index (χ4n) is 4.14. The summed E-state index contributed by atoms with van der Waals surface area (Å²) in [6, 6.07) is 11.4. The van der Waals surface area contributed by atoms with Crippen LogP contribution >= 0.6 is 7.60 Å². The molecule has 0 aliphatic carbocycles. The molecule has 1 aliphatic rings. The molecule has 1 aromatic heterocycles. The van der Waals surface area contributed by atoms with E-state index in [2.05, 4.69) is 10.3 Å². The molecular weight excluding hydrogens is 523 g/mol. The van der Waals surface area contributed by atoms with Gasteiger partial charge in [0.25, 0.3) is 5.91 Å². The number of unbranched alkanes of at least 4 members (excludes halogenated alkanes) is 1. The Morgan fingerprint density at radius 3 is 2.28 bits per heavy atom. The number of aromatic nitrogens is 1. The lowest BCUT2D eigenvalue weighted by Crippen LogP contribution is -2.56. The minimum atomic E-state index is -4.67. The van der Waals surface area contributed by atoms with Crippen molar-refractivity contribution in [1.82, 2.24) is 20.1 Å². The first kappa shape index (κ1) is 30.3. The first-order valence-corrected chi connectivity index (χ1v) is 14.9. The van der Waals surface area contributed by atoms with Gasteiger partial charge in [-0.1, -0.05) is 57.5 Å². The van der Waals surface area contributed by atoms with Gasteiger partial charge in [0, 0.05) is 31.7 Å². The third kappa shape index (κ3) is 8.88. The van der Waals surface area contributed by atoms with Crippen LogP contribution in [-0.2, 0) is 14.1 Å². The normalized spacial score (nSPS) is 14.7. The number of carbonyl (C=O) groups excluding carboxylic acids is 3. The molecule has 3 amide bonds. The molecule has 1 fully saturated rings. The number of nitrogens with one attached hydrogen (secondary N) is 1. The molecule has 0 spiro atoms. The summed E-state index contributed by atoms with van der Waals surface area (Å²) in [5.74, 6) is -1.26. The van der Waals surface area contributed by atoms with Gasteiger partial charge in [-0.05, 0) is 30.0 Å². The van der Waals surface area contributed by atoms with Gasteiger partial charge in [-0.15, -0.1) is 0 Å². The lowest BCUT2D eigenvalue weighted by atomic mass is 10.00. The van der Waals surface area contributed by atoms with Crippen molar-refractivity contribution >= 4 is 25.5 Å². The van der Waals surface area contributed by atoms with Crippen molar-refractivity contribution in [1.29, 1.82) is 0 Å². The highest BCUT2D eigenvalue weighted by atomic mass is 31.2. The Labute approximate surface area is 228 Å². The maximum atomic E-state index is 13.3. The highest BCUT2D eigenvalue weighted by molar-refractivity contribution is 7.51. The number of hydrogen-bond donors (Lipinski definition) is 3. The van der Waals surface area contributed by atoms with Crippen LogP contribution in [0.1, 0.15) is 55.6 Å². The summed E-state index contributed by atoms with van der Waals surface area (Å²) < 4.78 is 17.1. The van der Waals surface area contributed by atoms with Gasteiger partial charge in [-0.25, -0.2) is 9.78 Å². The average Bonchev–Trinajstić information content (AvgIpc) is 2.92. The molecule has 0 radical (unpaired) electrons. The molecule has 12 heteroatoms. The van der Waals surface area contributed by atoms with Crippen molar-refractivity contribution < 1.29 is 33.5 Å². The Bertz CT molecular complexity index is 1190. The predicted octanol–water partition coefficient (Wildman–Crippen LogP) is 3.23. The molecule has 2 aromatic rings. The lowest BCUT2D eigenvalue weighted by molar-refractivity contribution is -0.134. The number of nitrogens with zero attached hydrogens (tertiary/aromatic N) is 3. The Balaban J connectivity index is 1.76. The van der Waals surface area contributed by atoms with Gasteiger partial charge in [-0.3, -0.25) is 14.2 Å². The molecule has 1 atom stereocenters. The molecule has 1 aromatic carbocycles. The number of pyridine rings is 1. The smallest absolute Gasteiger partial charge is 0.409 e. The van der Waals surface area contributed by atoms with Crippen molar-refractivity contribution in [2.45, 2.75) is 45.6 Å². The van der Waals surface area contributed by atoms with Gasteiger partial charge >= 0.3 is 13.7 Å². The van der Waals surface area contributed by atoms with Crippen molar-refractivity contribution in [3.63, 3.8) is 0 Å². The van der Waals surface area contributed by atoms with Crippen LogP contribution in [0.15, 0.2) is 42.5 Å². The Morgan fingerprint density at radius 2 is 1.69 bits per heavy atom. The van der Waals surface area contributed by atoms with Gasteiger partial charge in [0.15, 0.2) is 0 Å². The molecule has 39 heavy (non-hydrogen) atoms. The first-order valence-electron chi connectivity index (χ1n) is 13.1. The summed E-state index contributed by atoms with van der Waals surface area (Å²) in [6.45, 7) is 6.99. The molecule has 0 saturated carbocycles. The summed E-state index contributed by atoms with van der Waals surface area (Å²) >= 11 is 0. The Hall–Kier alpha value is -3.27. The number of piperazine rings is 1. The van der Waals surface area contributed by atoms with E-state index < -0.39 is 37.7 Å². The van der Waals surface area contributed by atoms with Crippen LogP contribution < -0.4 is 5.32 Å². The molecule has 11 nitrogen and oxygen atoms in total. The Morgan fingerprint density at radius 1 is 1.05 bits per heavy atom. The SMILES string of the molecule is CCCCOC(=O)N1CCN(C(=O)C(CP(=O)(O)O)NC(=O)c2cc(C(C)C)cc(-c3ccccc3)n2)CC1. The van der Waals surface area contributed by atoms with Gasteiger partial charge < -0.3 is 29.6 Å². The fourth-order valence-corrected chi connectivity index (χ4v) is 4.86. The summed E-state index contributed by atoms with van der Waals surface area (Å²) in [4.78, 5) is 65.5. The van der Waals surface area contributed by atoms with Crippen LogP contribution in [0.5, 0.6) is 0 Å². The van der Waals surface area contributed by atoms with Crippen molar-refractivity contribution in [2.24, 2.45) is 0 Å². The van der Waals surface area contributed by atoms with Gasteiger partial charge in [0.2, 0.25) is 5.91 Å². The van der Waals surface area contributed by atoms with Crippen LogP contribution in [0.3, 0.4) is 0 Å². The van der Waals surface area contributed by atoms with Crippen molar-refractivity contribution in [2.75, 3.05) is 38.9 Å². The zero-order valence-electron chi connectivity index (χ0n) is 22.6. The fraction of sp³-hybridized carbons (Fsp3) is 0.481. The maximum absolute atomic E-state index is 13.3. The van der Waals surface area contributed by atoms with E-state index in [0.29, 0.717) is 12.3 Å². The second-order valence-corrected chi connectivity index (χ2v) is 11.5. The summed E-state index contributed by atoms with van der Waals surface area (Å²) in [6.07, 6.45) is 0.343. The van der Waals surface area contributed by atoms with Gasteiger partial charge in [0.1, 0.15) is 11.7 Å². The van der Waals surface area contributed by atoms with Gasteiger partial charge in [0.05, 0.1) is 18.5 Å². The number of hydrogen-bond acceptors (Lipinski definition) is 6. The predicted molar refractivity (Wildman–Crippen MR) is 146 cm³/mol. The molecule has 1 unspecified atom stereocenters. The van der Waals surface area contributed by atoms with E-state index in [1.807, 2.05) is 57.2 Å². The van der Waals surface area contributed by atoms with E-state index >= 15 is 0 Å². The standard InChI is InChI=1S/C27H37N4O7P/c1-4-5-15-38-27(34)31-13-11-30(12-14-31)26(33)24(18-39(35,36)37)29-25(32)23-17-21(19(2)3)16-22(28-23)20-9-7-6-8-10-20/h6-10,16-17,19,24H,4-5,11-15,18H2,1-3H3,(H,29,32)(H2,35,36,37). The van der Waals surface area contributed by atoms with Crippen molar-refractivity contribution in [3.8, 4) is 11.3 Å². The first-order chi connectivity index (χ1) is 18.5. The number of rotatable bonds is 10. The molecule has 1 aliphatic heterocycles. The molecular formula is C27H37N4O7P. The van der Waals surface area contributed by atoms with Crippen LogP contribution in [0, 0.1) is 0 Å². The minimum Gasteiger partial charge on any atom is -0.449 e. The molecule has 0 bridgehead atoms. The van der Waals surface area contributed by atoms with Crippen LogP contribution in [-0.4, -0.2) is 87.5 Å². The maximum Gasteiger partial charge on any atom is 0.409 e. The molecule has 2 heterocycles. The number of carbonyl (C=O) groups is 3. The van der Waals surface area contributed by atoms with E-state index in [1.165, 1.54) is 9.80 Å². The zero-order valence-corrected chi connectivity index (χ0v) is 23.5. The summed E-state index contributed by atoms with van der Waals surface area (Å²) in [5.41, 5.74) is 2.28. The highest BCUT2D eigenvalue weighted by Gasteiger charge is 2.35. The summed E-state index contributed by atoms with van der Waals surface area (Å²) in [5, 5.41) is 2.51. The van der Waals surface area contributed by atoms with E-state index in [1.54, 1.807) is 6.07 Å². The van der Waals surface area contributed by atoms with Crippen LogP contribution in [0.25, 0.3) is 11.3 Å². The number of benzene rings is 1. The minimum absolute atomic E-state index is 0.0446. The average molecular weight is 561 g/mol. The van der Waals surface area contributed by atoms with E-state index in [0.717, 1.165) is 24.0 Å². The lowest BCUT2D eigenvalue weighted by Gasteiger charge is -2.36. The van der Waals surface area contributed by atoms with E-state index in [9.17, 15) is 28.7 Å². The third-order valence-electron chi connectivity index (χ3n) is 6.41. The third-order valence-corrected chi connectivity index (χ3v) is 7.25. The zero-order chi connectivity index (χ0) is 28.6. The molecule has 212 valence electrons. The molecule has 1 saturated heterocycles. The van der Waals surface area contributed by atoms with Gasteiger partial charge in [-0.2, -0.15) is 0 Å². The quantitative estimate of drug-likeness (QED) is 0.296. The molecule has 3 N–H and O–H groups in total. The van der Waals surface area contributed by atoms with Crippen LogP contribution in [0.2, 0.25) is 0 Å². The summed E-state index contributed by atoms with van der Waals surface area (Å²) in [7, 11) is -4.67. The Kier molecular flexibility index (Phi) is 10.6. The molecule has 3 rings (SSSR count). The number of amides is 3. The monoisotopic (exact) mass is 560 g/mol. The second kappa shape index (κ2) is 13.7. The van der Waals surface area contributed by atoms with E-state index in [-0.39, 0.29) is 37.8 Å². The number of ether oxygens (including phenoxy) is 1. The van der Waals surface area contributed by atoms with E-state index in [4.69, 9.17) is 4.74 Å². The largest absolute Gasteiger partial charge is 0.449 e.